The Kier molecular flexibility index (Phi) is 7.60. The van der Waals surface area contributed by atoms with Crippen molar-refractivity contribution in [2.45, 2.75) is 26.4 Å². The first kappa shape index (κ1) is 26.7. The maximum atomic E-state index is 15.0. The van der Waals surface area contributed by atoms with Crippen LogP contribution in [0.4, 0.5) is 28.0 Å². The number of halogens is 5. The summed E-state index contributed by atoms with van der Waals surface area (Å²) in [5.41, 5.74) is -0.540. The minimum Gasteiger partial charge on any atom is -0.450 e. The zero-order chi connectivity index (χ0) is 26.9. The number of amides is 1. The van der Waals surface area contributed by atoms with Crippen LogP contribution in [0.5, 0.6) is 0 Å². The quantitative estimate of drug-likeness (QED) is 0.580. The molecule has 4 rings (SSSR count). The fraction of sp³-hybridized carbons (Fsp3) is 0.375. The molecule has 8 nitrogen and oxygen atoms in total. The normalized spacial score (nSPS) is 18.5. The summed E-state index contributed by atoms with van der Waals surface area (Å²) in [5.74, 6) is -0.690. The molecule has 1 saturated heterocycles. The van der Waals surface area contributed by atoms with Crippen molar-refractivity contribution in [1.82, 2.24) is 9.80 Å². The molecule has 0 aliphatic carbocycles. The van der Waals surface area contributed by atoms with Crippen LogP contribution in [-0.2, 0) is 10.9 Å². The molecule has 0 saturated carbocycles. The van der Waals surface area contributed by atoms with Crippen molar-refractivity contribution >= 4 is 35.2 Å². The fourth-order valence-corrected chi connectivity index (χ4v) is 4.26. The number of carbonyl (C=O) groups excluding carboxylic acids is 1. The molecule has 0 radical (unpaired) electrons. The second-order valence-corrected chi connectivity index (χ2v) is 8.81. The van der Waals surface area contributed by atoms with Crippen molar-refractivity contribution in [2.75, 3.05) is 37.7 Å². The summed E-state index contributed by atoms with van der Waals surface area (Å²) < 4.78 is 59.7. The Morgan fingerprint density at radius 3 is 2.46 bits per heavy atom. The van der Waals surface area contributed by atoms with E-state index in [9.17, 15) is 23.1 Å². The predicted octanol–water partition coefficient (Wildman–Crippen LogP) is 4.48. The lowest BCUT2D eigenvalue weighted by atomic mass is 10.1. The van der Waals surface area contributed by atoms with Crippen LogP contribution in [0.15, 0.2) is 46.4 Å². The number of rotatable bonds is 3. The molecule has 0 bridgehead atoms. The topological polar surface area (TPSA) is 81.0 Å². The first-order valence-electron chi connectivity index (χ1n) is 11.4. The third kappa shape index (κ3) is 5.64. The van der Waals surface area contributed by atoms with Crippen LogP contribution in [0.1, 0.15) is 23.6 Å². The number of hydrogen-bond donors (Lipinski definition) is 1. The number of aliphatic hydroxyl groups is 1. The van der Waals surface area contributed by atoms with Gasteiger partial charge in [0.1, 0.15) is 5.82 Å². The Balaban J connectivity index is 1.71. The van der Waals surface area contributed by atoms with Crippen LogP contribution in [0.25, 0.3) is 0 Å². The van der Waals surface area contributed by atoms with Crippen LogP contribution < -0.4 is 4.90 Å². The number of ether oxygens (including phenoxy) is 1. The molecule has 1 atom stereocenters. The number of nitrogens with zero attached hydrogens (tertiary/aromatic N) is 5. The van der Waals surface area contributed by atoms with Crippen molar-refractivity contribution in [1.29, 1.82) is 0 Å². The highest BCUT2D eigenvalue weighted by atomic mass is 35.5. The van der Waals surface area contributed by atoms with Gasteiger partial charge in [0.15, 0.2) is 5.84 Å². The maximum absolute atomic E-state index is 15.0. The second-order valence-electron chi connectivity index (χ2n) is 8.38. The first-order valence-corrected chi connectivity index (χ1v) is 11.8. The van der Waals surface area contributed by atoms with E-state index in [1.165, 1.54) is 34.9 Å². The molecule has 2 aromatic rings. The van der Waals surface area contributed by atoms with Gasteiger partial charge in [0.2, 0.25) is 12.3 Å². The number of benzene rings is 2. The Morgan fingerprint density at radius 2 is 1.86 bits per heavy atom. The highest BCUT2D eigenvalue weighted by molar-refractivity contribution is 6.30. The number of anilines is 1. The highest BCUT2D eigenvalue weighted by Crippen LogP contribution is 2.35. The molecule has 0 spiro atoms. The molecule has 13 heteroatoms. The van der Waals surface area contributed by atoms with Gasteiger partial charge in [-0.3, -0.25) is 4.90 Å². The lowest BCUT2D eigenvalue weighted by molar-refractivity contribution is -0.137. The van der Waals surface area contributed by atoms with Crippen LogP contribution in [0.2, 0.25) is 5.02 Å². The van der Waals surface area contributed by atoms with E-state index in [0.29, 0.717) is 26.2 Å². The largest absolute Gasteiger partial charge is 0.450 e. The number of aliphatic hydroxyl groups excluding tert-OH is 1. The van der Waals surface area contributed by atoms with E-state index in [4.69, 9.17) is 16.3 Å². The van der Waals surface area contributed by atoms with Gasteiger partial charge in [-0.15, -0.1) is 0 Å². The van der Waals surface area contributed by atoms with Crippen molar-refractivity contribution in [3.63, 3.8) is 0 Å². The maximum Gasteiger partial charge on any atom is 0.416 e. The lowest BCUT2D eigenvalue weighted by Gasteiger charge is -2.38. The van der Waals surface area contributed by atoms with Crippen molar-refractivity contribution in [3.8, 4) is 0 Å². The molecule has 2 heterocycles. The van der Waals surface area contributed by atoms with Crippen LogP contribution in [-0.4, -0.2) is 71.9 Å². The zero-order valence-electron chi connectivity index (χ0n) is 20.0. The Labute approximate surface area is 215 Å². The van der Waals surface area contributed by atoms with Gasteiger partial charge in [0.25, 0.3) is 0 Å². The third-order valence-corrected chi connectivity index (χ3v) is 6.18. The van der Waals surface area contributed by atoms with Gasteiger partial charge in [-0.05, 0) is 55.8 Å². The van der Waals surface area contributed by atoms with E-state index in [1.54, 1.807) is 11.8 Å². The number of amidine groups is 1. The summed E-state index contributed by atoms with van der Waals surface area (Å²) in [4.78, 5) is 25.2. The van der Waals surface area contributed by atoms with E-state index in [1.807, 2.05) is 0 Å². The fourth-order valence-electron chi connectivity index (χ4n) is 4.11. The molecule has 1 N–H and O–H groups in total. The zero-order valence-corrected chi connectivity index (χ0v) is 20.7. The second kappa shape index (κ2) is 10.5. The minimum atomic E-state index is -4.56. The molecule has 1 amide bonds. The van der Waals surface area contributed by atoms with Crippen molar-refractivity contribution in [3.05, 3.63) is 63.9 Å². The van der Waals surface area contributed by atoms with Crippen molar-refractivity contribution < 1.29 is 32.2 Å². The minimum absolute atomic E-state index is 0.0275. The first-order chi connectivity index (χ1) is 17.5. The summed E-state index contributed by atoms with van der Waals surface area (Å²) in [5, 5.41) is 11.2. The Hall–Kier alpha value is -3.38. The molecule has 2 aliphatic rings. The van der Waals surface area contributed by atoms with E-state index in [2.05, 4.69) is 9.98 Å². The average Bonchev–Trinajstić information content (AvgIpc) is 2.84. The smallest absolute Gasteiger partial charge is 0.416 e. The Bertz CT molecular complexity index is 1250. The summed E-state index contributed by atoms with van der Waals surface area (Å²) in [6, 6.07) is 6.88. The van der Waals surface area contributed by atoms with Crippen LogP contribution in [0.3, 0.4) is 0 Å². The lowest BCUT2D eigenvalue weighted by Crippen LogP contribution is -2.53. The van der Waals surface area contributed by atoms with Gasteiger partial charge in [0, 0.05) is 36.9 Å². The summed E-state index contributed by atoms with van der Waals surface area (Å²) >= 11 is 5.91. The SMILES string of the molecule is CCOC(=O)N1CCN(C2=NC(O)N(c3ccc(C(F)(F)F)cc3C)C(c3ccc(Cl)cc3F)=N2)CC1. The van der Waals surface area contributed by atoms with Gasteiger partial charge in [-0.2, -0.15) is 23.2 Å². The number of hydrogen-bond acceptors (Lipinski definition) is 7. The number of aryl methyl sites for hydroxylation is 1. The van der Waals surface area contributed by atoms with Crippen LogP contribution in [0, 0.1) is 12.7 Å². The monoisotopic (exact) mass is 541 g/mol. The summed E-state index contributed by atoms with van der Waals surface area (Å²) in [6.45, 7) is 4.68. The number of carbonyl (C=O) groups is 1. The third-order valence-electron chi connectivity index (χ3n) is 5.94. The van der Waals surface area contributed by atoms with Gasteiger partial charge < -0.3 is 19.6 Å². The van der Waals surface area contributed by atoms with Gasteiger partial charge >= 0.3 is 12.3 Å². The highest BCUT2D eigenvalue weighted by Gasteiger charge is 2.35. The standard InChI is InChI=1S/C24H24ClF4N5O3/c1-3-37-23(36)33-10-8-32(9-11-33)21-30-20(17-6-5-16(25)13-18(17)26)34(22(35)31-21)19-7-4-15(12-14(19)2)24(27,28)29/h4-7,12-13,22,35H,3,8-11H2,1-2H3. The molecule has 0 aromatic heterocycles. The number of guanidine groups is 1. The van der Waals surface area contributed by atoms with E-state index in [0.717, 1.165) is 18.2 Å². The van der Waals surface area contributed by atoms with Crippen LogP contribution >= 0.6 is 11.6 Å². The van der Waals surface area contributed by atoms with Gasteiger partial charge in [0.05, 0.1) is 17.7 Å². The predicted molar refractivity (Wildman–Crippen MR) is 130 cm³/mol. The van der Waals surface area contributed by atoms with E-state index >= 15 is 4.39 Å². The van der Waals surface area contributed by atoms with Gasteiger partial charge in [-0.1, -0.05) is 11.6 Å². The molecular weight excluding hydrogens is 518 g/mol. The molecular formula is C24H24ClF4N5O3. The van der Waals surface area contributed by atoms with Crippen molar-refractivity contribution in [2.24, 2.45) is 9.98 Å². The Morgan fingerprint density at radius 1 is 1.16 bits per heavy atom. The molecule has 1 fully saturated rings. The molecule has 198 valence electrons. The molecule has 37 heavy (non-hydrogen) atoms. The summed E-state index contributed by atoms with van der Waals surface area (Å²) in [7, 11) is 0. The van der Waals surface area contributed by atoms with E-state index in [-0.39, 0.29) is 40.2 Å². The number of alkyl halides is 3. The molecule has 2 aliphatic heterocycles. The number of aliphatic imine (C=N–C) groups is 2. The molecule has 1 unspecified atom stereocenters. The average molecular weight is 542 g/mol. The van der Waals surface area contributed by atoms with E-state index < -0.39 is 30.0 Å². The molecule has 2 aromatic carbocycles. The number of piperazine rings is 1. The van der Waals surface area contributed by atoms with Gasteiger partial charge in [-0.25, -0.2) is 9.18 Å². The summed E-state index contributed by atoms with van der Waals surface area (Å²) in [6.07, 6.45) is -6.61.